The van der Waals surface area contributed by atoms with Gasteiger partial charge in [0.05, 0.1) is 0 Å². The van der Waals surface area contributed by atoms with Crippen LogP contribution in [0, 0.1) is 11.4 Å². The van der Waals surface area contributed by atoms with Crippen molar-refractivity contribution in [3.63, 3.8) is 0 Å². The summed E-state index contributed by atoms with van der Waals surface area (Å²) in [6.07, 6.45) is 6.16. The monoisotopic (exact) mass is 136 g/mol. The molecule has 0 amide bonds. The molecule has 1 radical (unpaired) electrons. The van der Waals surface area contributed by atoms with Crippen molar-refractivity contribution in [3.8, 4) is 0 Å². The quantitative estimate of drug-likeness (QED) is 0.441. The van der Waals surface area contributed by atoms with E-state index in [9.17, 15) is 5.21 Å². The molecule has 0 aliphatic rings. The largest absolute Gasteiger partial charge is 0.618 e. The molecule has 0 spiro atoms. The minimum atomic E-state index is 0.680. The van der Waals surface area contributed by atoms with Crippen LogP contribution in [0.4, 0.5) is 0 Å². The predicted molar refractivity (Wildman–Crippen MR) is 38.2 cm³/mol. The molecular formula is C8H10NO. The van der Waals surface area contributed by atoms with Gasteiger partial charge in [0, 0.05) is 12.1 Å². The Labute approximate surface area is 60.7 Å². The van der Waals surface area contributed by atoms with Crippen molar-refractivity contribution in [3.05, 3.63) is 35.3 Å². The molecule has 0 aliphatic carbocycles. The highest BCUT2D eigenvalue weighted by Crippen LogP contribution is 1.97. The van der Waals surface area contributed by atoms with Gasteiger partial charge < -0.3 is 5.21 Å². The van der Waals surface area contributed by atoms with Crippen LogP contribution >= 0.6 is 0 Å². The molecule has 53 valence electrons. The molecule has 2 heteroatoms. The lowest BCUT2D eigenvalue weighted by molar-refractivity contribution is -0.609. The first-order valence-electron chi connectivity index (χ1n) is 3.42. The van der Waals surface area contributed by atoms with Gasteiger partial charge in [0.25, 0.3) is 6.20 Å². The summed E-state index contributed by atoms with van der Waals surface area (Å²) in [6, 6.07) is 3.56. The molecule has 0 N–H and O–H groups in total. The maximum absolute atomic E-state index is 10.5. The summed E-state index contributed by atoms with van der Waals surface area (Å²) in [7, 11) is 0. The van der Waals surface area contributed by atoms with Crippen LogP contribution in [0.15, 0.2) is 18.3 Å². The maximum Gasteiger partial charge on any atom is 0.290 e. The van der Waals surface area contributed by atoms with Crippen LogP contribution in [-0.4, -0.2) is 0 Å². The Bertz CT molecular complexity index is 193. The lowest BCUT2D eigenvalue weighted by Crippen LogP contribution is -2.24. The molecule has 0 aromatic carbocycles. The van der Waals surface area contributed by atoms with Crippen molar-refractivity contribution in [1.82, 2.24) is 0 Å². The highest BCUT2D eigenvalue weighted by Gasteiger charge is 1.92. The number of hydrogen-bond donors (Lipinski definition) is 0. The van der Waals surface area contributed by atoms with E-state index < -0.39 is 0 Å². The molecule has 1 heterocycles. The number of hydrogen-bond acceptors (Lipinski definition) is 1. The number of pyridine rings is 1. The van der Waals surface area contributed by atoms with Gasteiger partial charge in [-0.2, -0.15) is 4.73 Å². The summed E-state index contributed by atoms with van der Waals surface area (Å²) in [5.74, 6) is 0. The predicted octanol–water partition coefficient (Wildman–Crippen LogP) is 1.07. The minimum Gasteiger partial charge on any atom is -0.618 e. The second-order valence-corrected chi connectivity index (χ2v) is 2.24. The fourth-order valence-electron chi connectivity index (χ4n) is 0.845. The molecule has 0 aliphatic heterocycles. The van der Waals surface area contributed by atoms with E-state index in [1.807, 2.05) is 6.07 Å². The third-order valence-electron chi connectivity index (χ3n) is 1.34. The molecule has 0 fully saturated rings. The van der Waals surface area contributed by atoms with Crippen LogP contribution in [0.25, 0.3) is 0 Å². The summed E-state index contributed by atoms with van der Waals surface area (Å²) < 4.78 is 0.680. The second-order valence-electron chi connectivity index (χ2n) is 2.24. The van der Waals surface area contributed by atoms with Gasteiger partial charge in [-0.25, -0.2) is 0 Å². The van der Waals surface area contributed by atoms with Crippen molar-refractivity contribution in [2.45, 2.75) is 19.8 Å². The molecule has 1 aromatic heterocycles. The summed E-state index contributed by atoms with van der Waals surface area (Å²) in [6.45, 7) is 2.11. The first kappa shape index (κ1) is 7.06. The number of aryl methyl sites for hydroxylation is 1. The van der Waals surface area contributed by atoms with E-state index in [1.54, 1.807) is 6.07 Å². The molecule has 0 unspecified atom stereocenters. The number of aromatic nitrogens is 1. The third kappa shape index (κ3) is 1.72. The van der Waals surface area contributed by atoms with Crippen LogP contribution in [0.2, 0.25) is 0 Å². The second kappa shape index (κ2) is 3.20. The zero-order valence-electron chi connectivity index (χ0n) is 6.00. The van der Waals surface area contributed by atoms with Crippen LogP contribution in [-0.2, 0) is 6.42 Å². The zero-order chi connectivity index (χ0) is 7.40. The smallest absolute Gasteiger partial charge is 0.290 e. The van der Waals surface area contributed by atoms with Gasteiger partial charge >= 0.3 is 0 Å². The first-order valence-corrected chi connectivity index (χ1v) is 3.42. The Balaban J connectivity index is 2.69. The molecule has 1 rings (SSSR count). The number of nitrogens with zero attached hydrogens (tertiary/aromatic N) is 1. The van der Waals surface area contributed by atoms with Crippen molar-refractivity contribution in [2.75, 3.05) is 0 Å². The average molecular weight is 136 g/mol. The third-order valence-corrected chi connectivity index (χ3v) is 1.34. The SMILES string of the molecule is CCCc1c[c][n+]([O-])cc1. The lowest BCUT2D eigenvalue weighted by atomic mass is 10.2. The van der Waals surface area contributed by atoms with E-state index in [-0.39, 0.29) is 0 Å². The van der Waals surface area contributed by atoms with E-state index in [0.717, 1.165) is 12.8 Å². The van der Waals surface area contributed by atoms with Crippen LogP contribution < -0.4 is 4.73 Å². The Kier molecular flexibility index (Phi) is 2.26. The molecule has 10 heavy (non-hydrogen) atoms. The van der Waals surface area contributed by atoms with Gasteiger partial charge in [0.2, 0.25) is 0 Å². The van der Waals surface area contributed by atoms with Crippen LogP contribution in [0.3, 0.4) is 0 Å². The van der Waals surface area contributed by atoms with E-state index in [0.29, 0.717) is 4.73 Å². The summed E-state index contributed by atoms with van der Waals surface area (Å²) >= 11 is 0. The van der Waals surface area contributed by atoms with Gasteiger partial charge in [0.1, 0.15) is 0 Å². The highest BCUT2D eigenvalue weighted by atomic mass is 16.5. The van der Waals surface area contributed by atoms with E-state index in [1.165, 1.54) is 11.8 Å². The number of rotatable bonds is 2. The Hall–Kier alpha value is -1.05. The lowest BCUT2D eigenvalue weighted by Gasteiger charge is -1.95. The van der Waals surface area contributed by atoms with E-state index >= 15 is 0 Å². The molecule has 0 saturated carbocycles. The molecule has 0 saturated heterocycles. The Morgan fingerprint density at radius 1 is 1.70 bits per heavy atom. The van der Waals surface area contributed by atoms with Gasteiger partial charge in [0.15, 0.2) is 6.20 Å². The molecule has 2 nitrogen and oxygen atoms in total. The van der Waals surface area contributed by atoms with E-state index in [2.05, 4.69) is 13.1 Å². The first-order chi connectivity index (χ1) is 4.83. The van der Waals surface area contributed by atoms with Gasteiger partial charge in [-0.1, -0.05) is 13.3 Å². The fraction of sp³-hybridized carbons (Fsp3) is 0.375. The van der Waals surface area contributed by atoms with Crippen molar-refractivity contribution in [2.24, 2.45) is 0 Å². The zero-order valence-corrected chi connectivity index (χ0v) is 6.00. The fourth-order valence-corrected chi connectivity index (χ4v) is 0.845. The van der Waals surface area contributed by atoms with Crippen molar-refractivity contribution < 1.29 is 4.73 Å². The molecule has 1 aromatic rings. The van der Waals surface area contributed by atoms with Crippen molar-refractivity contribution >= 4 is 0 Å². The van der Waals surface area contributed by atoms with Gasteiger partial charge in [-0.15, -0.1) is 0 Å². The summed E-state index contributed by atoms with van der Waals surface area (Å²) in [4.78, 5) is 0. The Morgan fingerprint density at radius 2 is 2.50 bits per heavy atom. The summed E-state index contributed by atoms with van der Waals surface area (Å²) in [5.41, 5.74) is 1.18. The van der Waals surface area contributed by atoms with E-state index in [4.69, 9.17) is 0 Å². The average Bonchev–Trinajstić information content (AvgIpc) is 1.95. The molecular weight excluding hydrogens is 126 g/mol. The van der Waals surface area contributed by atoms with Crippen molar-refractivity contribution in [1.29, 1.82) is 0 Å². The van der Waals surface area contributed by atoms with Crippen LogP contribution in [0.5, 0.6) is 0 Å². The molecule has 0 atom stereocenters. The van der Waals surface area contributed by atoms with Gasteiger partial charge in [-0.05, 0) is 12.0 Å². The standard InChI is InChI=1S/C8H10NO/c1-2-3-8-4-6-9(10)7-5-8/h4-6H,2-3H2,1H3. The maximum atomic E-state index is 10.5. The summed E-state index contributed by atoms with van der Waals surface area (Å²) in [5, 5.41) is 10.5. The minimum absolute atomic E-state index is 0.680. The topological polar surface area (TPSA) is 26.9 Å². The highest BCUT2D eigenvalue weighted by molar-refractivity contribution is 5.06. The Morgan fingerprint density at radius 3 is 3.00 bits per heavy atom. The molecule has 0 bridgehead atoms. The van der Waals surface area contributed by atoms with Crippen LogP contribution in [0.1, 0.15) is 18.9 Å². The normalized spacial score (nSPS) is 9.70. The van der Waals surface area contributed by atoms with Gasteiger partial charge in [-0.3, -0.25) is 0 Å².